The first-order valence-electron chi connectivity index (χ1n) is 15.4. The van der Waals surface area contributed by atoms with Crippen molar-refractivity contribution >= 4 is 39.9 Å². The largest absolute Gasteiger partial charge is 0.398 e. The molecule has 5 heterocycles. The minimum Gasteiger partial charge on any atom is -0.398 e. The molecular formula is C34H36FN9OS. The maximum Gasteiger partial charge on any atom is 0.234 e. The Kier molecular flexibility index (Phi) is 7.77. The lowest BCUT2D eigenvalue weighted by Gasteiger charge is -2.32. The fraction of sp³-hybridized carbons (Fsp3) is 0.324. The highest BCUT2D eigenvalue weighted by Crippen LogP contribution is 2.43. The van der Waals surface area contributed by atoms with Gasteiger partial charge in [-0.05, 0) is 73.8 Å². The Morgan fingerprint density at radius 3 is 2.67 bits per heavy atom. The molecule has 236 valence electrons. The monoisotopic (exact) mass is 637 g/mol. The lowest BCUT2D eigenvalue weighted by molar-refractivity contribution is -0.125. The first-order chi connectivity index (χ1) is 22.2. The quantitative estimate of drug-likeness (QED) is 0.210. The number of hydrogen-bond acceptors (Lipinski definition) is 9. The predicted octanol–water partition coefficient (Wildman–Crippen LogP) is 4.81. The molecule has 7 rings (SSSR count). The topological polar surface area (TPSA) is 120 Å². The van der Waals surface area contributed by atoms with Crippen LogP contribution in [0, 0.1) is 16.6 Å². The zero-order valence-corrected chi connectivity index (χ0v) is 26.6. The van der Waals surface area contributed by atoms with Gasteiger partial charge in [-0.25, -0.2) is 14.4 Å². The third-order valence-electron chi connectivity index (χ3n) is 9.36. The van der Waals surface area contributed by atoms with Crippen LogP contribution in [0.2, 0.25) is 0 Å². The molecule has 2 saturated heterocycles. The number of anilines is 2. The lowest BCUT2D eigenvalue weighted by Crippen LogP contribution is -2.38. The van der Waals surface area contributed by atoms with Gasteiger partial charge in [0.1, 0.15) is 17.2 Å². The summed E-state index contributed by atoms with van der Waals surface area (Å²) in [6.07, 6.45) is 8.26. The van der Waals surface area contributed by atoms with E-state index in [-0.39, 0.29) is 17.4 Å². The van der Waals surface area contributed by atoms with Crippen molar-refractivity contribution in [3.05, 3.63) is 95.3 Å². The number of aryl methyl sites for hydroxylation is 1. The molecule has 2 fully saturated rings. The number of hydrogen-bond donors (Lipinski definition) is 2. The molecule has 3 N–H and O–H groups in total. The van der Waals surface area contributed by atoms with Gasteiger partial charge in [0.2, 0.25) is 5.91 Å². The highest BCUT2D eigenvalue weighted by atomic mass is 32.1. The highest BCUT2D eigenvalue weighted by molar-refractivity contribution is 7.16. The minimum absolute atomic E-state index is 0.124. The molecule has 10 nitrogen and oxygen atoms in total. The van der Waals surface area contributed by atoms with E-state index in [9.17, 15) is 9.18 Å². The van der Waals surface area contributed by atoms with Crippen LogP contribution in [-0.4, -0.2) is 80.4 Å². The predicted molar refractivity (Wildman–Crippen MR) is 179 cm³/mol. The van der Waals surface area contributed by atoms with Crippen molar-refractivity contribution in [2.75, 3.05) is 49.9 Å². The summed E-state index contributed by atoms with van der Waals surface area (Å²) in [7, 11) is 1.86. The van der Waals surface area contributed by atoms with E-state index in [0.29, 0.717) is 35.7 Å². The van der Waals surface area contributed by atoms with E-state index in [1.807, 2.05) is 30.3 Å². The number of carbonyl (C=O) groups excluding carboxylic acids is 1. The molecule has 1 spiro atoms. The molecule has 46 heavy (non-hydrogen) atoms. The zero-order valence-electron chi connectivity index (χ0n) is 25.7. The van der Waals surface area contributed by atoms with Crippen LogP contribution >= 0.6 is 11.3 Å². The molecule has 0 aliphatic carbocycles. The number of thiazole rings is 1. The Hall–Kier alpha value is -4.68. The van der Waals surface area contributed by atoms with E-state index >= 15 is 0 Å². The molecule has 12 heteroatoms. The van der Waals surface area contributed by atoms with Crippen molar-refractivity contribution in [2.24, 2.45) is 12.5 Å². The van der Waals surface area contributed by atoms with Gasteiger partial charge in [0.05, 0.1) is 16.0 Å². The van der Waals surface area contributed by atoms with Gasteiger partial charge in [-0.3, -0.25) is 19.8 Å². The number of nitrogens with two attached hydrogens (primary N) is 1. The van der Waals surface area contributed by atoms with Gasteiger partial charge in [0.25, 0.3) is 0 Å². The number of carbonyl (C=O) groups is 1. The fourth-order valence-electron chi connectivity index (χ4n) is 6.73. The van der Waals surface area contributed by atoms with E-state index < -0.39 is 5.41 Å². The van der Waals surface area contributed by atoms with Gasteiger partial charge in [-0.15, -0.1) is 11.3 Å². The number of benzene rings is 2. The number of aromatic nitrogens is 4. The minimum atomic E-state index is -0.424. The summed E-state index contributed by atoms with van der Waals surface area (Å²) >= 11 is 1.62. The Bertz CT molecular complexity index is 1860. The van der Waals surface area contributed by atoms with Gasteiger partial charge in [0.15, 0.2) is 5.82 Å². The molecule has 2 aromatic carbocycles. The van der Waals surface area contributed by atoms with E-state index in [2.05, 4.69) is 37.5 Å². The molecule has 3 aliphatic rings. The summed E-state index contributed by atoms with van der Waals surface area (Å²) in [6.45, 7) is 8.97. The van der Waals surface area contributed by atoms with Crippen LogP contribution in [0.25, 0.3) is 16.3 Å². The van der Waals surface area contributed by atoms with Crippen LogP contribution in [0.15, 0.2) is 73.3 Å². The van der Waals surface area contributed by atoms with Crippen molar-refractivity contribution in [1.82, 2.24) is 29.5 Å². The van der Waals surface area contributed by atoms with Crippen LogP contribution in [0.4, 0.5) is 15.8 Å². The molecule has 0 saturated carbocycles. The van der Waals surface area contributed by atoms with Crippen LogP contribution in [-0.2, 0) is 11.8 Å². The van der Waals surface area contributed by atoms with Crippen LogP contribution in [0.3, 0.4) is 0 Å². The summed E-state index contributed by atoms with van der Waals surface area (Å²) in [4.78, 5) is 30.4. The second kappa shape index (κ2) is 11.9. The number of amides is 1. The van der Waals surface area contributed by atoms with Crippen molar-refractivity contribution in [2.45, 2.75) is 19.3 Å². The number of nitrogen functional groups attached to an aromatic ring is 1. The molecule has 0 radical (unpaired) electrons. The van der Waals surface area contributed by atoms with E-state index in [1.165, 1.54) is 17.7 Å². The number of nitrogens with zero attached hydrogens (tertiary/aromatic N) is 7. The van der Waals surface area contributed by atoms with Gasteiger partial charge in [-0.1, -0.05) is 12.7 Å². The first-order valence-corrected chi connectivity index (χ1v) is 16.2. The molecule has 1 atom stereocenters. The summed E-state index contributed by atoms with van der Waals surface area (Å²) in [5.41, 5.74) is 10.6. The van der Waals surface area contributed by atoms with E-state index in [4.69, 9.17) is 11.1 Å². The molecule has 0 bridgehead atoms. The Labute approximate surface area is 271 Å². The van der Waals surface area contributed by atoms with Gasteiger partial charge < -0.3 is 15.5 Å². The van der Waals surface area contributed by atoms with Crippen LogP contribution < -0.4 is 10.6 Å². The molecular weight excluding hydrogens is 602 g/mol. The van der Waals surface area contributed by atoms with Gasteiger partial charge >= 0.3 is 0 Å². The highest BCUT2D eigenvalue weighted by Gasteiger charge is 2.51. The Morgan fingerprint density at radius 2 is 1.93 bits per heavy atom. The normalized spacial score (nSPS) is 20.1. The maximum atomic E-state index is 13.9. The number of halogens is 1. The standard InChI is InChI=1S/C34H36FN9OS/c1-22(43-13-9-24(10-14-43)32-38-18-29(46-32)31-39-21-41(2)40-31)19-42-15-11-34(20-42)12-16-44(33(34)45)26-7-8-28(36)27(17-26)30(37)23-3-5-25(35)6-4-23/h3-9,17-18,21,37H,1,10-16,19-20,36H2,2H3/t34-/m0/s1. The molecule has 3 aliphatic heterocycles. The van der Waals surface area contributed by atoms with E-state index in [1.54, 1.807) is 40.5 Å². The fourth-order valence-corrected chi connectivity index (χ4v) is 7.65. The van der Waals surface area contributed by atoms with Crippen LogP contribution in [0.5, 0.6) is 0 Å². The molecule has 1 amide bonds. The summed E-state index contributed by atoms with van der Waals surface area (Å²) < 4.78 is 15.1. The number of rotatable bonds is 8. The molecule has 4 aromatic rings. The summed E-state index contributed by atoms with van der Waals surface area (Å²) in [5.74, 6) is 0.465. The van der Waals surface area contributed by atoms with Crippen molar-refractivity contribution < 1.29 is 9.18 Å². The van der Waals surface area contributed by atoms with Crippen molar-refractivity contribution in [3.63, 3.8) is 0 Å². The molecule has 0 unspecified atom stereocenters. The Morgan fingerprint density at radius 1 is 1.13 bits per heavy atom. The molecule has 2 aromatic heterocycles. The SMILES string of the molecule is C=C(CN1CC[C@]2(CCN(c3ccc(N)c(C(=N)c4ccc(F)cc4)c3)C2=O)C1)N1CC=C(c2ncc(-c3ncn(C)n3)s2)CC1. The zero-order chi connectivity index (χ0) is 32.0. The summed E-state index contributed by atoms with van der Waals surface area (Å²) in [5, 5.41) is 14.1. The van der Waals surface area contributed by atoms with Crippen molar-refractivity contribution in [1.29, 1.82) is 5.41 Å². The first kappa shape index (κ1) is 30.0. The number of likely N-dealkylation sites (tertiary alicyclic amines) is 1. The smallest absolute Gasteiger partial charge is 0.234 e. The van der Waals surface area contributed by atoms with E-state index in [0.717, 1.165) is 66.7 Å². The Balaban J connectivity index is 0.966. The second-order valence-corrected chi connectivity index (χ2v) is 13.4. The average molecular weight is 638 g/mol. The van der Waals surface area contributed by atoms with Gasteiger partial charge in [-0.2, -0.15) is 5.10 Å². The number of nitrogens with one attached hydrogen (secondary N) is 1. The average Bonchev–Trinajstić information content (AvgIpc) is 3.87. The second-order valence-electron chi connectivity index (χ2n) is 12.4. The van der Waals surface area contributed by atoms with Crippen molar-refractivity contribution in [3.8, 4) is 10.7 Å². The maximum absolute atomic E-state index is 13.9. The lowest BCUT2D eigenvalue weighted by atomic mass is 9.85. The van der Waals surface area contributed by atoms with Crippen LogP contribution in [0.1, 0.15) is 35.4 Å². The third kappa shape index (κ3) is 5.62. The van der Waals surface area contributed by atoms with Gasteiger partial charge in [0, 0.05) is 74.2 Å². The third-order valence-corrected chi connectivity index (χ3v) is 10.4. The summed E-state index contributed by atoms with van der Waals surface area (Å²) in [6, 6.07) is 11.2.